The Morgan fingerprint density at radius 1 is 1.32 bits per heavy atom. The summed E-state index contributed by atoms with van der Waals surface area (Å²) >= 11 is 1.51. The minimum Gasteiger partial charge on any atom is -0.297 e. The second-order valence-electron chi connectivity index (χ2n) is 4.91. The van der Waals surface area contributed by atoms with E-state index in [1.807, 2.05) is 52.5 Å². The Morgan fingerprint density at radius 2 is 2.09 bits per heavy atom. The summed E-state index contributed by atoms with van der Waals surface area (Å²) in [6, 6.07) is 8.98. The van der Waals surface area contributed by atoms with Crippen molar-refractivity contribution in [3.63, 3.8) is 0 Å². The molecule has 0 aliphatic carbocycles. The van der Waals surface area contributed by atoms with Crippen LogP contribution < -0.4 is 9.44 Å². The second kappa shape index (κ2) is 6.17. The molecule has 6 nitrogen and oxygen atoms in total. The molecular formula is C14H16N4O2S2. The van der Waals surface area contributed by atoms with E-state index in [1.54, 1.807) is 6.92 Å². The van der Waals surface area contributed by atoms with Crippen molar-refractivity contribution in [2.75, 3.05) is 0 Å². The first-order chi connectivity index (χ1) is 10.5. The molecule has 0 spiro atoms. The molecule has 0 aliphatic heterocycles. The van der Waals surface area contributed by atoms with Crippen LogP contribution >= 0.6 is 11.3 Å². The van der Waals surface area contributed by atoms with Crippen molar-refractivity contribution in [3.8, 4) is 0 Å². The molecule has 0 unspecified atom stereocenters. The van der Waals surface area contributed by atoms with Gasteiger partial charge in [0.1, 0.15) is 0 Å². The molecule has 0 amide bonds. The van der Waals surface area contributed by atoms with Crippen molar-refractivity contribution in [1.29, 1.82) is 0 Å². The summed E-state index contributed by atoms with van der Waals surface area (Å²) < 4.78 is 31.2. The maximum Gasteiger partial charge on any atom is 0.277 e. The van der Waals surface area contributed by atoms with Crippen LogP contribution in [-0.2, 0) is 16.8 Å². The molecule has 2 heterocycles. The number of imidazole rings is 1. The molecule has 1 aromatic carbocycles. The van der Waals surface area contributed by atoms with Crippen molar-refractivity contribution in [1.82, 2.24) is 18.8 Å². The summed E-state index contributed by atoms with van der Waals surface area (Å²) in [6.07, 6.45) is 3.72. The third-order valence-corrected chi connectivity index (χ3v) is 5.16. The van der Waals surface area contributed by atoms with Gasteiger partial charge in [0, 0.05) is 24.3 Å². The molecule has 22 heavy (non-hydrogen) atoms. The van der Waals surface area contributed by atoms with Crippen LogP contribution in [0.25, 0.3) is 4.96 Å². The van der Waals surface area contributed by atoms with E-state index in [4.69, 9.17) is 0 Å². The lowest BCUT2D eigenvalue weighted by Crippen LogP contribution is -2.37. The average Bonchev–Trinajstić information content (AvgIpc) is 3.07. The fraction of sp³-hybridized carbons (Fsp3) is 0.214. The van der Waals surface area contributed by atoms with Crippen LogP contribution in [0.2, 0.25) is 0 Å². The first kappa shape index (κ1) is 15.2. The topological polar surface area (TPSA) is 75.5 Å². The fourth-order valence-corrected chi connectivity index (χ4v) is 3.80. The van der Waals surface area contributed by atoms with Gasteiger partial charge < -0.3 is 0 Å². The largest absolute Gasteiger partial charge is 0.297 e. The zero-order valence-corrected chi connectivity index (χ0v) is 13.6. The molecular weight excluding hydrogens is 320 g/mol. The maximum atomic E-state index is 12.1. The SMILES string of the molecule is C[C@H](NS(=O)(=O)NCc1ccccc1)c1cn2ccsc2n1. The molecule has 0 fully saturated rings. The minimum atomic E-state index is -3.59. The lowest BCUT2D eigenvalue weighted by molar-refractivity contribution is 0.549. The van der Waals surface area contributed by atoms with Crippen LogP contribution in [0.4, 0.5) is 0 Å². The molecule has 116 valence electrons. The number of rotatable bonds is 6. The Hall–Kier alpha value is -1.74. The van der Waals surface area contributed by atoms with Gasteiger partial charge in [-0.3, -0.25) is 4.40 Å². The van der Waals surface area contributed by atoms with Gasteiger partial charge in [0.25, 0.3) is 10.2 Å². The molecule has 2 N–H and O–H groups in total. The van der Waals surface area contributed by atoms with E-state index >= 15 is 0 Å². The summed E-state index contributed by atoms with van der Waals surface area (Å²) in [5.41, 5.74) is 1.60. The van der Waals surface area contributed by atoms with Crippen molar-refractivity contribution in [2.24, 2.45) is 0 Å². The zero-order valence-electron chi connectivity index (χ0n) is 11.9. The van der Waals surface area contributed by atoms with Crippen LogP contribution in [0.5, 0.6) is 0 Å². The highest BCUT2D eigenvalue weighted by atomic mass is 32.2. The predicted molar refractivity (Wildman–Crippen MR) is 86.8 cm³/mol. The molecule has 8 heteroatoms. The summed E-state index contributed by atoms with van der Waals surface area (Å²) in [5.74, 6) is 0. The quantitative estimate of drug-likeness (QED) is 0.724. The zero-order chi connectivity index (χ0) is 15.6. The summed E-state index contributed by atoms with van der Waals surface area (Å²) in [4.78, 5) is 5.25. The van der Waals surface area contributed by atoms with Gasteiger partial charge >= 0.3 is 0 Å². The molecule has 2 aromatic heterocycles. The number of hydrogen-bond acceptors (Lipinski definition) is 4. The van der Waals surface area contributed by atoms with Crippen LogP contribution in [0.1, 0.15) is 24.2 Å². The highest BCUT2D eigenvalue weighted by Crippen LogP contribution is 2.17. The van der Waals surface area contributed by atoms with Gasteiger partial charge in [-0.2, -0.15) is 17.9 Å². The number of aromatic nitrogens is 2. The van der Waals surface area contributed by atoms with Crippen LogP contribution in [0.3, 0.4) is 0 Å². The average molecular weight is 336 g/mol. The van der Waals surface area contributed by atoms with Crippen molar-refractivity contribution < 1.29 is 8.42 Å². The molecule has 0 aliphatic rings. The van der Waals surface area contributed by atoms with E-state index in [-0.39, 0.29) is 6.54 Å². The van der Waals surface area contributed by atoms with Crippen molar-refractivity contribution in [2.45, 2.75) is 19.5 Å². The van der Waals surface area contributed by atoms with Crippen LogP contribution in [0, 0.1) is 0 Å². The second-order valence-corrected chi connectivity index (χ2v) is 7.31. The predicted octanol–water partition coefficient (Wildman–Crippen LogP) is 2.08. The molecule has 0 saturated heterocycles. The molecule has 3 rings (SSSR count). The summed E-state index contributed by atoms with van der Waals surface area (Å²) in [5, 5.41) is 1.93. The summed E-state index contributed by atoms with van der Waals surface area (Å²) in [6.45, 7) is 2.02. The third kappa shape index (κ3) is 3.53. The van der Waals surface area contributed by atoms with Crippen LogP contribution in [0.15, 0.2) is 48.1 Å². The maximum absolute atomic E-state index is 12.1. The lowest BCUT2D eigenvalue weighted by atomic mass is 10.2. The monoisotopic (exact) mass is 336 g/mol. The van der Waals surface area contributed by atoms with E-state index in [0.29, 0.717) is 5.69 Å². The molecule has 1 atom stereocenters. The fourth-order valence-electron chi connectivity index (χ4n) is 2.06. The smallest absolute Gasteiger partial charge is 0.277 e. The Bertz CT molecular complexity index is 827. The summed E-state index contributed by atoms with van der Waals surface area (Å²) in [7, 11) is -3.59. The van der Waals surface area contributed by atoms with Gasteiger partial charge in [-0.05, 0) is 12.5 Å². The molecule has 0 radical (unpaired) electrons. The molecule has 3 aromatic rings. The van der Waals surface area contributed by atoms with E-state index in [0.717, 1.165) is 10.5 Å². The normalized spacial score (nSPS) is 13.5. The van der Waals surface area contributed by atoms with Gasteiger partial charge in [0.2, 0.25) is 0 Å². The van der Waals surface area contributed by atoms with Gasteiger partial charge in [-0.15, -0.1) is 11.3 Å². The highest BCUT2D eigenvalue weighted by molar-refractivity contribution is 7.87. The Balaban J connectivity index is 1.64. The Labute approximate surface area is 133 Å². The minimum absolute atomic E-state index is 0.251. The van der Waals surface area contributed by atoms with E-state index < -0.39 is 16.3 Å². The number of hydrogen-bond donors (Lipinski definition) is 2. The van der Waals surface area contributed by atoms with E-state index in [2.05, 4.69) is 14.4 Å². The van der Waals surface area contributed by atoms with Gasteiger partial charge in [-0.25, -0.2) is 4.98 Å². The standard InChI is InChI=1S/C14H16N4O2S2/c1-11(13-10-18-7-8-21-14(18)16-13)17-22(19,20)15-9-12-5-3-2-4-6-12/h2-8,10-11,15,17H,9H2,1H3/t11-/m0/s1. The Kier molecular flexibility index (Phi) is 4.25. The number of benzene rings is 1. The lowest BCUT2D eigenvalue weighted by Gasteiger charge is -2.13. The van der Waals surface area contributed by atoms with Crippen LogP contribution in [-0.4, -0.2) is 17.8 Å². The number of nitrogens with one attached hydrogen (secondary N) is 2. The van der Waals surface area contributed by atoms with Gasteiger partial charge in [0.15, 0.2) is 4.96 Å². The Morgan fingerprint density at radius 3 is 2.82 bits per heavy atom. The van der Waals surface area contributed by atoms with E-state index in [9.17, 15) is 8.42 Å². The number of nitrogens with zero attached hydrogens (tertiary/aromatic N) is 2. The number of fused-ring (bicyclic) bond motifs is 1. The first-order valence-electron chi connectivity index (χ1n) is 6.76. The van der Waals surface area contributed by atoms with Gasteiger partial charge in [0.05, 0.1) is 11.7 Å². The number of thiazole rings is 1. The highest BCUT2D eigenvalue weighted by Gasteiger charge is 2.17. The van der Waals surface area contributed by atoms with E-state index in [1.165, 1.54) is 11.3 Å². The first-order valence-corrected chi connectivity index (χ1v) is 9.13. The molecule has 0 saturated carbocycles. The third-order valence-electron chi connectivity index (χ3n) is 3.20. The van der Waals surface area contributed by atoms with Crippen molar-refractivity contribution in [3.05, 3.63) is 59.4 Å². The van der Waals surface area contributed by atoms with Crippen molar-refractivity contribution >= 4 is 26.5 Å². The van der Waals surface area contributed by atoms with Gasteiger partial charge in [-0.1, -0.05) is 30.3 Å². The molecule has 0 bridgehead atoms.